The first-order valence-electron chi connectivity index (χ1n) is 38.6. The highest BCUT2D eigenvalue weighted by molar-refractivity contribution is 5.77. The molecule has 4 aliphatic heterocycles. The fraction of sp³-hybridized carbons (Fsp3) is 0.918. The molecule has 102 heavy (non-hydrogen) atoms. The van der Waals surface area contributed by atoms with Crippen molar-refractivity contribution >= 4 is 23.7 Å². The maximum Gasteiger partial charge on any atom is 0.364 e. The number of rotatable bonds is 55. The average Bonchev–Trinajstić information content (AvgIpc) is 0.772. The second-order valence-corrected chi connectivity index (χ2v) is 28.6. The molecule has 0 aliphatic carbocycles. The molecule has 4 aliphatic rings. The molecule has 3 amide bonds. The van der Waals surface area contributed by atoms with Gasteiger partial charge in [-0.2, -0.15) is 0 Å². The third-order valence-electron chi connectivity index (χ3n) is 20.0. The Morgan fingerprint density at radius 1 is 0.520 bits per heavy atom. The summed E-state index contributed by atoms with van der Waals surface area (Å²) in [6.45, 7) is 2.08. The van der Waals surface area contributed by atoms with Gasteiger partial charge in [0.25, 0.3) is 5.79 Å². The second kappa shape index (κ2) is 51.2. The number of carboxylic acid groups (broad SMARTS) is 1. The van der Waals surface area contributed by atoms with Gasteiger partial charge in [0.1, 0.15) is 91.5 Å². The van der Waals surface area contributed by atoms with Crippen LogP contribution < -0.4 is 16.0 Å². The molecule has 0 bridgehead atoms. The van der Waals surface area contributed by atoms with Gasteiger partial charge in [-0.3, -0.25) is 14.4 Å². The van der Waals surface area contributed by atoms with E-state index in [1.54, 1.807) is 6.08 Å². The van der Waals surface area contributed by atoms with Crippen molar-refractivity contribution in [3.05, 3.63) is 12.2 Å². The fourth-order valence-electron chi connectivity index (χ4n) is 13.8. The molecule has 29 heteroatoms. The summed E-state index contributed by atoms with van der Waals surface area (Å²) in [7, 11) is 0. The van der Waals surface area contributed by atoms with Crippen molar-refractivity contribution in [1.29, 1.82) is 0 Å². The number of aliphatic hydroxyl groups is 13. The molecular weight excluding hydrogens is 1330 g/mol. The summed E-state index contributed by atoms with van der Waals surface area (Å²) in [5.41, 5.74) is 0. The number of amides is 3. The summed E-state index contributed by atoms with van der Waals surface area (Å²) >= 11 is 0. The van der Waals surface area contributed by atoms with Crippen LogP contribution in [0.15, 0.2) is 12.2 Å². The summed E-state index contributed by atoms with van der Waals surface area (Å²) in [6.07, 6.45) is 6.42. The van der Waals surface area contributed by atoms with Crippen molar-refractivity contribution in [1.82, 2.24) is 16.0 Å². The maximum absolute atomic E-state index is 13.5. The van der Waals surface area contributed by atoms with Crippen LogP contribution in [0, 0.1) is 0 Å². The third-order valence-corrected chi connectivity index (χ3v) is 20.0. The number of aliphatic hydroxyl groups excluding tert-OH is 13. The summed E-state index contributed by atoms with van der Waals surface area (Å²) in [5, 5.41) is 162. The van der Waals surface area contributed by atoms with E-state index in [1.165, 1.54) is 154 Å². The lowest BCUT2D eigenvalue weighted by atomic mass is 9.88. The van der Waals surface area contributed by atoms with Crippen LogP contribution in [0.5, 0.6) is 0 Å². The minimum atomic E-state index is -2.95. The van der Waals surface area contributed by atoms with Crippen LogP contribution in [0.1, 0.15) is 252 Å². The SMILES string of the molecule is CCCCCCCCCCCCC/C=C/[C@@H](O)[C@H](CO[C@@H]1OC(CO)[C@@H](O[C@@H]2OC(CO)[C@H](O[C@@H]3OC(CO[C@]4(C(=O)O)CC(O)[C@@H](NC(C)=O)C([C@H](O)[C@H](O)CO)O4)[C@H](O)[C@H](O)C3NC(C)=O)[C@H](O)C2O)[C@H](O)C1O)NC(=O)CCCCCCCCCCCCCCCCCCCCCCC. The molecule has 0 aromatic carbocycles. The molecule has 17 N–H and O–H groups in total. The number of hydrogen-bond donors (Lipinski definition) is 17. The number of carbonyl (C=O) groups excluding carboxylic acids is 3. The lowest BCUT2D eigenvalue weighted by molar-refractivity contribution is -0.376. The molecule has 29 nitrogen and oxygen atoms in total. The van der Waals surface area contributed by atoms with Gasteiger partial charge in [0.2, 0.25) is 17.7 Å². The van der Waals surface area contributed by atoms with Gasteiger partial charge < -0.3 is 125 Å². The van der Waals surface area contributed by atoms with E-state index in [9.17, 15) is 90.7 Å². The quantitative estimate of drug-likeness (QED) is 0.0306. The number of carbonyl (C=O) groups is 4. The minimum absolute atomic E-state index is 0.196. The van der Waals surface area contributed by atoms with Crippen LogP contribution >= 0.6 is 0 Å². The van der Waals surface area contributed by atoms with E-state index >= 15 is 0 Å². The van der Waals surface area contributed by atoms with Crippen LogP contribution in [0.25, 0.3) is 0 Å². The molecule has 4 saturated heterocycles. The lowest BCUT2D eigenvalue weighted by Gasteiger charge is -2.49. The van der Waals surface area contributed by atoms with Gasteiger partial charge in [-0.05, 0) is 19.3 Å². The number of carboxylic acids is 1. The second-order valence-electron chi connectivity index (χ2n) is 28.6. The van der Waals surface area contributed by atoms with Crippen molar-refractivity contribution in [2.45, 2.75) is 393 Å². The van der Waals surface area contributed by atoms with E-state index in [1.807, 2.05) is 6.08 Å². The Kier molecular flexibility index (Phi) is 45.7. The number of allylic oxidation sites excluding steroid dienone is 1. The van der Waals surface area contributed by atoms with Crippen molar-refractivity contribution in [2.24, 2.45) is 0 Å². The van der Waals surface area contributed by atoms with E-state index in [2.05, 4.69) is 29.8 Å². The molecule has 0 radical (unpaired) electrons. The first kappa shape index (κ1) is 91.2. The van der Waals surface area contributed by atoms with Gasteiger partial charge in [0, 0.05) is 26.7 Å². The van der Waals surface area contributed by atoms with E-state index < -0.39 is 198 Å². The summed E-state index contributed by atoms with van der Waals surface area (Å²) in [5.74, 6) is -6.77. The highest BCUT2D eigenvalue weighted by Gasteiger charge is 2.58. The molecule has 0 saturated carbocycles. The Bertz CT molecular complexity index is 2280. The standard InChI is InChI=1S/C73H133N3O26/c1-5-7-9-11-13-15-17-19-20-21-22-23-24-25-26-28-30-32-34-36-38-40-56(85)76-49(50(82)39-37-35-33-31-29-27-18-16-14-12-10-8-6-2)45-95-70-64(91)62(89)67(53(43-78)97-70)101-71-65(92)63(90)66(54(44-79)98-71)100-69-58(75-48(4)81)61(88)60(87)55(99-69)46-96-73(72(93)94)41-51(83)57(74-47(3)80)68(102-73)59(86)52(84)42-77/h37,39,49-55,57-71,77-79,82-84,86-92H,5-36,38,40-46H2,1-4H3,(H,74,80)(H,75,81)(H,76,85)(H,93,94)/b39-37+/t49-,50+,51?,52+,53?,54?,55?,57+,58?,59+,60-,61+,62+,63+,64?,65?,66-,67+,68?,69-,70+,71-,73+/m0/s1. The maximum atomic E-state index is 13.5. The minimum Gasteiger partial charge on any atom is -0.477 e. The molecule has 4 rings (SSSR count). The van der Waals surface area contributed by atoms with Crippen LogP contribution in [0.3, 0.4) is 0 Å². The molecule has 4 fully saturated rings. The molecule has 596 valence electrons. The van der Waals surface area contributed by atoms with Crippen molar-refractivity contribution < 1.29 is 129 Å². The van der Waals surface area contributed by atoms with Gasteiger partial charge in [0.15, 0.2) is 18.9 Å². The number of unbranched alkanes of at least 4 members (excludes halogenated alkanes) is 31. The first-order valence-corrected chi connectivity index (χ1v) is 38.6. The number of hydrogen-bond acceptors (Lipinski definition) is 25. The number of aliphatic carboxylic acids is 1. The van der Waals surface area contributed by atoms with Gasteiger partial charge in [0.05, 0.1) is 57.3 Å². The zero-order chi connectivity index (χ0) is 75.0. The summed E-state index contributed by atoms with van der Waals surface area (Å²) < 4.78 is 46.9. The third kappa shape index (κ3) is 31.5. The smallest absolute Gasteiger partial charge is 0.364 e. The normalized spacial score (nSPS) is 31.1. The topological polar surface area (TPSA) is 461 Å². The van der Waals surface area contributed by atoms with Crippen LogP contribution in [-0.4, -0.2) is 269 Å². The highest BCUT2D eigenvalue weighted by atomic mass is 16.8. The monoisotopic (exact) mass is 1470 g/mol. The molecule has 0 aromatic rings. The zero-order valence-electron chi connectivity index (χ0n) is 61.3. The molecule has 23 atom stereocenters. The number of nitrogens with one attached hydrogen (secondary N) is 3. The summed E-state index contributed by atoms with van der Waals surface area (Å²) in [4.78, 5) is 50.9. The average molecular weight is 1470 g/mol. The Morgan fingerprint density at radius 2 is 0.941 bits per heavy atom. The van der Waals surface area contributed by atoms with E-state index in [0.717, 1.165) is 58.8 Å². The predicted molar refractivity (Wildman–Crippen MR) is 373 cm³/mol. The summed E-state index contributed by atoms with van der Waals surface area (Å²) in [6, 6.07) is -4.32. The van der Waals surface area contributed by atoms with E-state index in [-0.39, 0.29) is 12.3 Å². The Balaban J connectivity index is 1.35. The molecular formula is C73H133N3O26. The highest BCUT2D eigenvalue weighted by Crippen LogP contribution is 2.37. The van der Waals surface area contributed by atoms with Gasteiger partial charge >= 0.3 is 5.97 Å². The predicted octanol–water partition coefficient (Wildman–Crippen LogP) is 3.47. The van der Waals surface area contributed by atoms with Crippen molar-refractivity contribution in [3.8, 4) is 0 Å². The van der Waals surface area contributed by atoms with Crippen LogP contribution in [-0.2, 0) is 57.1 Å². The molecule has 8 unspecified atom stereocenters. The van der Waals surface area contributed by atoms with Gasteiger partial charge in [-0.15, -0.1) is 0 Å². The van der Waals surface area contributed by atoms with Gasteiger partial charge in [-0.1, -0.05) is 219 Å². The molecule has 0 spiro atoms. The van der Waals surface area contributed by atoms with E-state index in [0.29, 0.717) is 12.8 Å². The Hall–Kier alpha value is -3.22. The van der Waals surface area contributed by atoms with Crippen molar-refractivity contribution in [2.75, 3.05) is 33.0 Å². The van der Waals surface area contributed by atoms with Crippen LogP contribution in [0.2, 0.25) is 0 Å². The number of ether oxygens (including phenoxy) is 8. The molecule has 0 aromatic heterocycles. The van der Waals surface area contributed by atoms with Gasteiger partial charge in [-0.25, -0.2) is 4.79 Å². The molecule has 4 heterocycles. The fourth-order valence-corrected chi connectivity index (χ4v) is 13.8. The Morgan fingerprint density at radius 3 is 1.39 bits per heavy atom. The largest absolute Gasteiger partial charge is 0.477 e. The van der Waals surface area contributed by atoms with Crippen molar-refractivity contribution in [3.63, 3.8) is 0 Å². The first-order chi connectivity index (χ1) is 49.0. The Labute approximate surface area is 604 Å². The zero-order valence-corrected chi connectivity index (χ0v) is 61.3. The van der Waals surface area contributed by atoms with E-state index in [4.69, 9.17) is 37.9 Å². The lowest BCUT2D eigenvalue weighted by Crippen LogP contribution is -2.69. The van der Waals surface area contributed by atoms with Crippen LogP contribution in [0.4, 0.5) is 0 Å².